The van der Waals surface area contributed by atoms with E-state index < -0.39 is 0 Å². The van der Waals surface area contributed by atoms with Crippen molar-refractivity contribution in [3.05, 3.63) is 33.8 Å². The van der Waals surface area contributed by atoms with E-state index in [0.717, 1.165) is 37.5 Å². The minimum Gasteiger partial charge on any atom is -0.310 e. The second kappa shape index (κ2) is 9.82. The van der Waals surface area contributed by atoms with Gasteiger partial charge in [-0.25, -0.2) is 0 Å². The summed E-state index contributed by atoms with van der Waals surface area (Å²) in [5.41, 5.74) is 0.945. The van der Waals surface area contributed by atoms with Gasteiger partial charge in [-0.3, -0.25) is 4.79 Å². The summed E-state index contributed by atoms with van der Waals surface area (Å²) in [6.07, 6.45) is 2.55. The van der Waals surface area contributed by atoms with Gasteiger partial charge < -0.3 is 10.2 Å². The zero-order chi connectivity index (χ0) is 17.1. The molecule has 140 valence electrons. The number of carbonyl (C=O) groups excluding carboxylic acids is 1. The van der Waals surface area contributed by atoms with Crippen LogP contribution < -0.4 is 5.32 Å². The molecule has 7 heteroatoms. The molecule has 0 spiro atoms. The maximum absolute atomic E-state index is 13.1. The molecule has 2 aliphatic rings. The summed E-state index contributed by atoms with van der Waals surface area (Å²) in [6, 6.07) is 5.74. The Labute approximate surface area is 170 Å². The molecular weight excluding hydrogens is 399 g/mol. The average Bonchev–Trinajstić information content (AvgIpc) is 3.09. The van der Waals surface area contributed by atoms with Gasteiger partial charge in [-0.15, -0.1) is 24.2 Å². The molecule has 2 fully saturated rings. The van der Waals surface area contributed by atoms with Crippen LogP contribution in [0.3, 0.4) is 0 Å². The van der Waals surface area contributed by atoms with Gasteiger partial charge in [0.2, 0.25) is 0 Å². The normalized spacial score (nSPS) is 25.4. The third kappa shape index (κ3) is 5.27. The summed E-state index contributed by atoms with van der Waals surface area (Å²) in [6.45, 7) is 6.24. The highest BCUT2D eigenvalue weighted by atomic mass is 35.5. The van der Waals surface area contributed by atoms with Crippen molar-refractivity contribution in [2.45, 2.75) is 37.0 Å². The van der Waals surface area contributed by atoms with Crippen LogP contribution in [0.25, 0.3) is 0 Å². The number of likely N-dealkylation sites (tertiary alicyclic amines) is 1. The molecule has 3 rings (SSSR count). The second-order valence-electron chi connectivity index (χ2n) is 6.66. The summed E-state index contributed by atoms with van der Waals surface area (Å²) >= 11 is 13.9. The SMILES string of the molecule is CC(C(=O)C1SCCNC1CN1CCCC1)c1ccc(Cl)c(Cl)c1.Cl. The number of halogens is 3. The maximum Gasteiger partial charge on any atom is 0.154 e. The molecule has 1 aromatic rings. The molecule has 25 heavy (non-hydrogen) atoms. The fraction of sp³-hybridized carbons (Fsp3) is 0.611. The Kier molecular flexibility index (Phi) is 8.38. The maximum atomic E-state index is 13.1. The van der Waals surface area contributed by atoms with Crippen molar-refractivity contribution >= 4 is 53.2 Å². The van der Waals surface area contributed by atoms with Crippen molar-refractivity contribution in [3.8, 4) is 0 Å². The second-order valence-corrected chi connectivity index (χ2v) is 8.72. The van der Waals surface area contributed by atoms with Crippen LogP contribution >= 0.6 is 47.4 Å². The van der Waals surface area contributed by atoms with Crippen LogP contribution in [0.1, 0.15) is 31.2 Å². The van der Waals surface area contributed by atoms with Crippen LogP contribution in [0.2, 0.25) is 10.0 Å². The molecule has 3 atom stereocenters. The highest BCUT2D eigenvalue weighted by Gasteiger charge is 2.35. The first-order valence-corrected chi connectivity index (χ1v) is 10.4. The van der Waals surface area contributed by atoms with E-state index >= 15 is 0 Å². The van der Waals surface area contributed by atoms with Crippen LogP contribution in [-0.4, -0.2) is 53.9 Å². The number of nitrogens with one attached hydrogen (secondary N) is 1. The predicted molar refractivity (Wildman–Crippen MR) is 111 cm³/mol. The Balaban J connectivity index is 0.00000225. The van der Waals surface area contributed by atoms with E-state index in [-0.39, 0.29) is 35.4 Å². The molecule has 0 amide bonds. The third-order valence-corrected chi connectivity index (χ3v) is 7.07. The monoisotopic (exact) mass is 422 g/mol. The van der Waals surface area contributed by atoms with Gasteiger partial charge in [-0.2, -0.15) is 0 Å². The number of rotatable bonds is 5. The molecule has 0 aromatic heterocycles. The van der Waals surface area contributed by atoms with Crippen molar-refractivity contribution in [1.29, 1.82) is 0 Å². The smallest absolute Gasteiger partial charge is 0.154 e. The largest absolute Gasteiger partial charge is 0.310 e. The van der Waals surface area contributed by atoms with Gasteiger partial charge in [0, 0.05) is 30.8 Å². The number of Topliss-reactive ketones (excluding diaryl/α,β-unsaturated/α-hetero) is 1. The van der Waals surface area contributed by atoms with Gasteiger partial charge in [-0.1, -0.05) is 36.2 Å². The van der Waals surface area contributed by atoms with E-state index in [1.807, 2.05) is 19.1 Å². The summed E-state index contributed by atoms with van der Waals surface area (Å²) in [4.78, 5) is 15.6. The van der Waals surface area contributed by atoms with Gasteiger partial charge in [-0.05, 0) is 43.6 Å². The first-order chi connectivity index (χ1) is 11.6. The van der Waals surface area contributed by atoms with Crippen molar-refractivity contribution in [3.63, 3.8) is 0 Å². The molecule has 0 bridgehead atoms. The predicted octanol–water partition coefficient (Wildman–Crippen LogP) is 4.26. The molecule has 0 aliphatic carbocycles. The first kappa shape index (κ1) is 21.3. The lowest BCUT2D eigenvalue weighted by Crippen LogP contribution is -2.53. The molecule has 3 nitrogen and oxygen atoms in total. The summed E-state index contributed by atoms with van der Waals surface area (Å²) < 4.78 is 0. The summed E-state index contributed by atoms with van der Waals surface area (Å²) in [5.74, 6) is 1.11. The highest BCUT2D eigenvalue weighted by molar-refractivity contribution is 8.00. The van der Waals surface area contributed by atoms with Crippen LogP contribution in [-0.2, 0) is 4.79 Å². The number of hydrogen-bond donors (Lipinski definition) is 1. The Bertz CT molecular complexity index is 596. The number of carbonyl (C=O) groups is 1. The number of benzene rings is 1. The van der Waals surface area contributed by atoms with E-state index in [2.05, 4.69) is 10.2 Å². The van der Waals surface area contributed by atoms with Crippen molar-refractivity contribution < 1.29 is 4.79 Å². The molecule has 3 unspecified atom stereocenters. The first-order valence-electron chi connectivity index (χ1n) is 8.62. The standard InChI is InChI=1S/C18H24Cl2N2OS.ClH/c1-12(13-4-5-14(19)15(20)10-13)17(23)18-16(21-6-9-24-18)11-22-7-2-3-8-22;/h4-5,10,12,16,18,21H,2-3,6-9,11H2,1H3;1H. The Morgan fingerprint density at radius 1 is 1.32 bits per heavy atom. The Morgan fingerprint density at radius 3 is 2.72 bits per heavy atom. The van der Waals surface area contributed by atoms with E-state index in [0.29, 0.717) is 10.0 Å². The number of ketones is 1. The summed E-state index contributed by atoms with van der Waals surface area (Å²) in [5, 5.41) is 4.62. The molecule has 1 N–H and O–H groups in total. The van der Waals surface area contributed by atoms with Crippen LogP contribution in [0.5, 0.6) is 0 Å². The Morgan fingerprint density at radius 2 is 2.04 bits per heavy atom. The average molecular weight is 424 g/mol. The highest BCUT2D eigenvalue weighted by Crippen LogP contribution is 2.31. The minimum absolute atomic E-state index is 0. The quantitative estimate of drug-likeness (QED) is 0.767. The van der Waals surface area contributed by atoms with E-state index in [9.17, 15) is 4.79 Å². The summed E-state index contributed by atoms with van der Waals surface area (Å²) in [7, 11) is 0. The lowest BCUT2D eigenvalue weighted by molar-refractivity contribution is -0.120. The number of hydrogen-bond acceptors (Lipinski definition) is 4. The zero-order valence-electron chi connectivity index (χ0n) is 14.3. The lowest BCUT2D eigenvalue weighted by atomic mass is 9.92. The molecule has 1 aromatic carbocycles. The number of thioether (sulfide) groups is 1. The molecule has 2 heterocycles. The van der Waals surface area contributed by atoms with Gasteiger partial charge in [0.25, 0.3) is 0 Å². The zero-order valence-corrected chi connectivity index (χ0v) is 17.5. The van der Waals surface area contributed by atoms with Gasteiger partial charge in [0.05, 0.1) is 15.3 Å². The van der Waals surface area contributed by atoms with Gasteiger partial charge in [0.1, 0.15) is 0 Å². The molecule has 2 aliphatic heterocycles. The van der Waals surface area contributed by atoms with Crippen molar-refractivity contribution in [1.82, 2.24) is 10.2 Å². The molecule has 0 radical (unpaired) electrons. The molecule has 0 saturated carbocycles. The van der Waals surface area contributed by atoms with Crippen molar-refractivity contribution in [2.24, 2.45) is 0 Å². The van der Waals surface area contributed by atoms with Gasteiger partial charge in [0.15, 0.2) is 5.78 Å². The van der Waals surface area contributed by atoms with Crippen LogP contribution in [0.15, 0.2) is 18.2 Å². The molecular formula is C18H25Cl3N2OS. The Hall–Kier alpha value is 0.0300. The van der Waals surface area contributed by atoms with E-state index in [4.69, 9.17) is 23.2 Å². The van der Waals surface area contributed by atoms with E-state index in [1.165, 1.54) is 12.8 Å². The third-order valence-electron chi connectivity index (χ3n) is 4.98. The minimum atomic E-state index is -0.168. The van der Waals surface area contributed by atoms with Crippen molar-refractivity contribution in [2.75, 3.05) is 31.9 Å². The lowest BCUT2D eigenvalue weighted by Gasteiger charge is -2.35. The number of nitrogens with zero attached hydrogens (tertiary/aromatic N) is 1. The fourth-order valence-corrected chi connectivity index (χ4v) is 5.11. The van der Waals surface area contributed by atoms with E-state index in [1.54, 1.807) is 17.8 Å². The van der Waals surface area contributed by atoms with Crippen LogP contribution in [0.4, 0.5) is 0 Å². The fourth-order valence-electron chi connectivity index (χ4n) is 3.53. The topological polar surface area (TPSA) is 32.3 Å². The van der Waals surface area contributed by atoms with Gasteiger partial charge >= 0.3 is 0 Å². The molecule has 2 saturated heterocycles. The van der Waals surface area contributed by atoms with Crippen LogP contribution in [0, 0.1) is 0 Å².